The van der Waals surface area contributed by atoms with E-state index in [1.54, 1.807) is 29.2 Å². The number of benzene rings is 1. The Balaban J connectivity index is 1.53. The van der Waals surface area contributed by atoms with E-state index in [4.69, 9.17) is 4.74 Å². The van der Waals surface area contributed by atoms with E-state index in [1.807, 2.05) is 6.92 Å². The Morgan fingerprint density at radius 2 is 1.75 bits per heavy atom. The van der Waals surface area contributed by atoms with E-state index < -0.39 is 5.97 Å². The number of carbonyl (C=O) groups is 4. The molecule has 148 valence electrons. The lowest BCUT2D eigenvalue weighted by Crippen LogP contribution is -2.33. The van der Waals surface area contributed by atoms with Gasteiger partial charge in [-0.2, -0.15) is 0 Å². The number of imide groups is 1. The number of likely N-dealkylation sites (N-methyl/N-ethyl adjacent to an activating group) is 1. The smallest absolute Gasteiger partial charge is 0.338 e. The van der Waals surface area contributed by atoms with Crippen molar-refractivity contribution in [2.24, 2.45) is 0 Å². The van der Waals surface area contributed by atoms with Gasteiger partial charge in [-0.1, -0.05) is 18.2 Å². The van der Waals surface area contributed by atoms with Crippen LogP contribution < -0.4 is 0 Å². The van der Waals surface area contributed by atoms with Crippen molar-refractivity contribution in [1.29, 1.82) is 0 Å². The van der Waals surface area contributed by atoms with Gasteiger partial charge in [0.1, 0.15) is 0 Å². The summed E-state index contributed by atoms with van der Waals surface area (Å²) in [5, 5.41) is 0. The molecule has 0 spiro atoms. The van der Waals surface area contributed by atoms with Crippen molar-refractivity contribution in [2.45, 2.75) is 45.6 Å². The fourth-order valence-electron chi connectivity index (χ4n) is 3.46. The van der Waals surface area contributed by atoms with Crippen LogP contribution in [-0.4, -0.2) is 46.6 Å². The first-order valence-corrected chi connectivity index (χ1v) is 9.58. The van der Waals surface area contributed by atoms with Crippen LogP contribution in [-0.2, 0) is 25.7 Å². The predicted molar refractivity (Wildman–Crippen MR) is 101 cm³/mol. The van der Waals surface area contributed by atoms with E-state index in [9.17, 15) is 19.2 Å². The van der Waals surface area contributed by atoms with E-state index in [2.05, 4.69) is 6.08 Å². The average Bonchev–Trinajstić information content (AvgIpc) is 3.33. The average molecular weight is 384 g/mol. The number of likely N-dealkylation sites (tertiary alicyclic amines) is 1. The van der Waals surface area contributed by atoms with Gasteiger partial charge in [-0.15, -0.1) is 0 Å². The molecule has 0 atom stereocenters. The summed E-state index contributed by atoms with van der Waals surface area (Å²) in [4.78, 5) is 50.8. The maximum atomic E-state index is 12.3. The summed E-state index contributed by atoms with van der Waals surface area (Å²) < 4.78 is 5.16. The zero-order valence-corrected chi connectivity index (χ0v) is 16.0. The van der Waals surface area contributed by atoms with Gasteiger partial charge < -0.3 is 9.64 Å². The molecule has 0 aromatic heterocycles. The van der Waals surface area contributed by atoms with Crippen LogP contribution in [0.15, 0.2) is 36.0 Å². The highest BCUT2D eigenvalue weighted by Gasteiger charge is 2.28. The third kappa shape index (κ3) is 4.47. The number of hydrogen-bond acceptors (Lipinski definition) is 5. The molecule has 7 nitrogen and oxygen atoms in total. The van der Waals surface area contributed by atoms with Crippen LogP contribution in [0, 0.1) is 0 Å². The van der Waals surface area contributed by atoms with Crippen LogP contribution in [0.25, 0.3) is 0 Å². The fourth-order valence-corrected chi connectivity index (χ4v) is 3.46. The number of carbonyl (C=O) groups excluding carboxylic acids is 4. The van der Waals surface area contributed by atoms with Gasteiger partial charge in [0.2, 0.25) is 11.8 Å². The first kappa shape index (κ1) is 19.8. The van der Waals surface area contributed by atoms with Crippen molar-refractivity contribution in [3.8, 4) is 0 Å². The lowest BCUT2D eigenvalue weighted by Gasteiger charge is -2.22. The Labute approximate surface area is 163 Å². The molecule has 1 aliphatic heterocycles. The van der Waals surface area contributed by atoms with Crippen LogP contribution in [0.4, 0.5) is 0 Å². The number of nitrogens with zero attached hydrogens (tertiary/aromatic N) is 2. The zero-order valence-electron chi connectivity index (χ0n) is 16.0. The van der Waals surface area contributed by atoms with Gasteiger partial charge in [0.15, 0.2) is 6.61 Å². The second-order valence-electron chi connectivity index (χ2n) is 6.87. The Bertz CT molecular complexity index is 797. The molecule has 0 bridgehead atoms. The van der Waals surface area contributed by atoms with Crippen LogP contribution >= 0.6 is 0 Å². The van der Waals surface area contributed by atoms with E-state index in [-0.39, 0.29) is 43.7 Å². The summed E-state index contributed by atoms with van der Waals surface area (Å²) in [6, 6.07) is 6.51. The largest absolute Gasteiger partial charge is 0.452 e. The molecule has 7 heteroatoms. The number of amides is 3. The standard InChI is InChI=1S/C21H24N2O5/c1-2-22(17-5-3-4-6-17)20(26)14-28-21(27)16-9-7-15(8-10-16)13-23-18(24)11-12-19(23)25/h5,7-10H,2-4,6,11-14H2,1H3. The topological polar surface area (TPSA) is 84.0 Å². The Hall–Kier alpha value is -2.96. The normalized spacial score (nSPS) is 16.3. The van der Waals surface area contributed by atoms with Crippen LogP contribution in [0.1, 0.15) is 54.9 Å². The van der Waals surface area contributed by atoms with Gasteiger partial charge in [0.05, 0.1) is 12.1 Å². The molecule has 0 saturated carbocycles. The Morgan fingerprint density at radius 1 is 1.07 bits per heavy atom. The molecule has 28 heavy (non-hydrogen) atoms. The monoisotopic (exact) mass is 384 g/mol. The van der Waals surface area contributed by atoms with Crippen LogP contribution in [0.2, 0.25) is 0 Å². The maximum absolute atomic E-state index is 12.3. The Morgan fingerprint density at radius 3 is 2.32 bits per heavy atom. The molecule has 0 radical (unpaired) electrons. The molecule has 1 aromatic rings. The first-order chi connectivity index (χ1) is 13.5. The molecular formula is C21H24N2O5. The fraction of sp³-hybridized carbons (Fsp3) is 0.429. The van der Waals surface area contributed by atoms with Crippen molar-refractivity contribution in [2.75, 3.05) is 13.2 Å². The van der Waals surface area contributed by atoms with Crippen molar-refractivity contribution >= 4 is 23.7 Å². The Kier molecular flexibility index (Phi) is 6.23. The first-order valence-electron chi connectivity index (χ1n) is 9.58. The van der Waals surface area contributed by atoms with E-state index in [0.29, 0.717) is 12.1 Å². The highest BCUT2D eigenvalue weighted by molar-refractivity contribution is 6.01. The molecule has 3 amide bonds. The second-order valence-corrected chi connectivity index (χ2v) is 6.87. The van der Waals surface area contributed by atoms with Crippen molar-refractivity contribution < 1.29 is 23.9 Å². The number of hydrogen-bond donors (Lipinski definition) is 0. The van der Waals surface area contributed by atoms with Gasteiger partial charge in [0.25, 0.3) is 5.91 Å². The highest BCUT2D eigenvalue weighted by atomic mass is 16.5. The molecule has 1 fully saturated rings. The van der Waals surface area contributed by atoms with Crippen LogP contribution in [0.5, 0.6) is 0 Å². The van der Waals surface area contributed by atoms with Gasteiger partial charge >= 0.3 is 5.97 Å². The molecule has 3 rings (SSSR count). The number of allylic oxidation sites excluding steroid dienone is 2. The molecule has 1 heterocycles. The van der Waals surface area contributed by atoms with Gasteiger partial charge in [-0.25, -0.2) is 4.79 Å². The van der Waals surface area contributed by atoms with Crippen molar-refractivity contribution in [1.82, 2.24) is 9.80 Å². The molecule has 0 N–H and O–H groups in total. The molecule has 2 aliphatic rings. The lowest BCUT2D eigenvalue weighted by molar-refractivity contribution is -0.139. The van der Waals surface area contributed by atoms with Gasteiger partial charge in [0, 0.05) is 25.1 Å². The van der Waals surface area contributed by atoms with E-state index in [0.717, 1.165) is 30.5 Å². The third-order valence-electron chi connectivity index (χ3n) is 4.99. The minimum absolute atomic E-state index is 0.176. The van der Waals surface area contributed by atoms with Gasteiger partial charge in [-0.05, 0) is 43.9 Å². The SMILES string of the molecule is CCN(C(=O)COC(=O)c1ccc(CN2C(=O)CCC2=O)cc1)C1=CCCC1. The number of ether oxygens (including phenoxy) is 1. The maximum Gasteiger partial charge on any atom is 0.338 e. The van der Waals surface area contributed by atoms with Crippen LogP contribution in [0.3, 0.4) is 0 Å². The summed E-state index contributed by atoms with van der Waals surface area (Å²) in [6.07, 6.45) is 5.44. The molecule has 0 unspecified atom stereocenters. The van der Waals surface area contributed by atoms with E-state index >= 15 is 0 Å². The summed E-state index contributed by atoms with van der Waals surface area (Å²) in [7, 11) is 0. The lowest BCUT2D eigenvalue weighted by atomic mass is 10.1. The summed E-state index contributed by atoms with van der Waals surface area (Å²) in [6.45, 7) is 2.34. The van der Waals surface area contributed by atoms with Crippen molar-refractivity contribution in [3.63, 3.8) is 0 Å². The number of rotatable bonds is 7. The predicted octanol–water partition coefficient (Wildman–Crippen LogP) is 2.41. The minimum Gasteiger partial charge on any atom is -0.452 e. The molecular weight excluding hydrogens is 360 g/mol. The summed E-state index contributed by atoms with van der Waals surface area (Å²) in [5.41, 5.74) is 2.07. The number of esters is 1. The molecule has 1 aliphatic carbocycles. The van der Waals surface area contributed by atoms with Crippen molar-refractivity contribution in [3.05, 3.63) is 47.2 Å². The quantitative estimate of drug-likeness (QED) is 0.532. The third-order valence-corrected chi connectivity index (χ3v) is 4.99. The summed E-state index contributed by atoms with van der Waals surface area (Å²) in [5.74, 6) is -1.16. The van der Waals surface area contributed by atoms with Gasteiger partial charge in [-0.3, -0.25) is 19.3 Å². The molecule has 1 saturated heterocycles. The molecule has 1 aromatic carbocycles. The summed E-state index contributed by atoms with van der Waals surface area (Å²) >= 11 is 0. The second kappa shape index (κ2) is 8.82. The minimum atomic E-state index is -0.579. The zero-order chi connectivity index (χ0) is 20.1. The van der Waals surface area contributed by atoms with E-state index in [1.165, 1.54) is 4.90 Å². The highest BCUT2D eigenvalue weighted by Crippen LogP contribution is 2.21.